The van der Waals surface area contributed by atoms with Gasteiger partial charge in [-0.3, -0.25) is 9.78 Å². The summed E-state index contributed by atoms with van der Waals surface area (Å²) in [6, 6.07) is 10.8. The predicted molar refractivity (Wildman–Crippen MR) is 101 cm³/mol. The SMILES string of the molecule is O=C(O)N1CCC2(CC1)OC(c1ccccn1)=C(c1ccc3c(c1)OCO3)C2=O. The topological polar surface area (TPSA) is 98.2 Å². The summed E-state index contributed by atoms with van der Waals surface area (Å²) in [6.07, 6.45) is 1.25. The molecule has 0 bridgehead atoms. The molecule has 0 radical (unpaired) electrons. The molecule has 29 heavy (non-hydrogen) atoms. The molecule has 1 fully saturated rings. The maximum Gasteiger partial charge on any atom is 0.407 e. The van der Waals surface area contributed by atoms with Crippen molar-refractivity contribution in [2.24, 2.45) is 0 Å². The maximum atomic E-state index is 13.6. The molecule has 2 aromatic rings. The Morgan fingerprint density at radius 1 is 1.10 bits per heavy atom. The summed E-state index contributed by atoms with van der Waals surface area (Å²) in [4.78, 5) is 30.5. The van der Waals surface area contributed by atoms with Crippen LogP contribution >= 0.6 is 0 Å². The number of aromatic nitrogens is 1. The molecule has 1 amide bonds. The molecule has 0 saturated carbocycles. The molecule has 0 unspecified atom stereocenters. The largest absolute Gasteiger partial charge is 0.476 e. The van der Waals surface area contributed by atoms with Gasteiger partial charge in [0.05, 0.1) is 5.57 Å². The minimum atomic E-state index is -1.08. The number of benzene rings is 1. The summed E-state index contributed by atoms with van der Waals surface area (Å²) in [6.45, 7) is 0.625. The fraction of sp³-hybridized carbons (Fsp3) is 0.286. The molecule has 0 atom stereocenters. The van der Waals surface area contributed by atoms with E-state index in [1.165, 1.54) is 4.90 Å². The first kappa shape index (κ1) is 17.5. The number of rotatable bonds is 2. The van der Waals surface area contributed by atoms with Gasteiger partial charge in [-0.15, -0.1) is 0 Å². The molecule has 3 aliphatic heterocycles. The van der Waals surface area contributed by atoms with Crippen molar-refractivity contribution in [1.29, 1.82) is 0 Å². The smallest absolute Gasteiger partial charge is 0.407 e. The highest BCUT2D eigenvalue weighted by Gasteiger charge is 2.52. The Morgan fingerprint density at radius 2 is 1.90 bits per heavy atom. The third-order valence-electron chi connectivity index (χ3n) is 5.57. The van der Waals surface area contributed by atoms with Crippen LogP contribution in [0, 0.1) is 0 Å². The summed E-state index contributed by atoms with van der Waals surface area (Å²) >= 11 is 0. The number of carbonyl (C=O) groups excluding carboxylic acids is 1. The molecule has 1 N–H and O–H groups in total. The lowest BCUT2D eigenvalue weighted by atomic mass is 9.83. The predicted octanol–water partition coefficient (Wildman–Crippen LogP) is 2.79. The lowest BCUT2D eigenvalue weighted by Gasteiger charge is -2.36. The van der Waals surface area contributed by atoms with Crippen molar-refractivity contribution < 1.29 is 28.9 Å². The van der Waals surface area contributed by atoms with Crippen LogP contribution in [0.1, 0.15) is 24.1 Å². The molecule has 8 nitrogen and oxygen atoms in total. The Balaban J connectivity index is 1.57. The molecule has 3 aliphatic rings. The zero-order chi connectivity index (χ0) is 20.0. The van der Waals surface area contributed by atoms with Crippen LogP contribution in [0.5, 0.6) is 11.5 Å². The first-order valence-corrected chi connectivity index (χ1v) is 9.35. The number of amides is 1. The number of hydrogen-bond acceptors (Lipinski definition) is 6. The van der Waals surface area contributed by atoms with Crippen LogP contribution < -0.4 is 9.47 Å². The van der Waals surface area contributed by atoms with Gasteiger partial charge in [-0.25, -0.2) is 4.79 Å². The van der Waals surface area contributed by atoms with E-state index >= 15 is 0 Å². The minimum Gasteiger partial charge on any atom is -0.476 e. The minimum absolute atomic E-state index is 0.143. The lowest BCUT2D eigenvalue weighted by Crippen LogP contribution is -2.50. The normalized spacial score (nSPS) is 19.6. The fourth-order valence-electron chi connectivity index (χ4n) is 4.00. The molecule has 1 spiro atoms. The van der Waals surface area contributed by atoms with Crippen LogP contribution in [0.15, 0.2) is 42.6 Å². The zero-order valence-electron chi connectivity index (χ0n) is 15.5. The second kappa shape index (κ2) is 6.51. The Bertz CT molecular complexity index is 1020. The third kappa shape index (κ3) is 2.79. The summed E-state index contributed by atoms with van der Waals surface area (Å²) in [5.41, 5.74) is 0.583. The Labute approximate surface area is 166 Å². The average Bonchev–Trinajstić information content (AvgIpc) is 3.32. The van der Waals surface area contributed by atoms with Gasteiger partial charge in [-0.1, -0.05) is 12.1 Å². The third-order valence-corrected chi connectivity index (χ3v) is 5.57. The first-order chi connectivity index (χ1) is 14.1. The molecule has 148 valence electrons. The summed E-state index contributed by atoms with van der Waals surface area (Å²) in [5, 5.41) is 9.24. The highest BCUT2D eigenvalue weighted by molar-refractivity contribution is 6.32. The average molecular weight is 394 g/mol. The van der Waals surface area contributed by atoms with E-state index in [4.69, 9.17) is 14.2 Å². The first-order valence-electron chi connectivity index (χ1n) is 9.35. The number of pyridine rings is 1. The van der Waals surface area contributed by atoms with E-state index in [1.54, 1.807) is 36.5 Å². The van der Waals surface area contributed by atoms with Crippen LogP contribution in [0.25, 0.3) is 11.3 Å². The molecule has 0 aliphatic carbocycles. The number of carboxylic acid groups (broad SMARTS) is 1. The number of carbonyl (C=O) groups is 2. The second-order valence-electron chi connectivity index (χ2n) is 7.18. The Hall–Kier alpha value is -3.55. The van der Waals surface area contributed by atoms with Crippen molar-refractivity contribution in [3.63, 3.8) is 0 Å². The molecular weight excluding hydrogens is 376 g/mol. The van der Waals surface area contributed by atoms with Crippen LogP contribution in [0.2, 0.25) is 0 Å². The van der Waals surface area contributed by atoms with Crippen molar-refractivity contribution in [3.05, 3.63) is 53.9 Å². The number of fused-ring (bicyclic) bond motifs is 1. The molecule has 4 heterocycles. The van der Waals surface area contributed by atoms with Gasteiger partial charge in [-0.2, -0.15) is 0 Å². The summed E-state index contributed by atoms with van der Waals surface area (Å²) in [7, 11) is 0. The fourth-order valence-corrected chi connectivity index (χ4v) is 4.00. The van der Waals surface area contributed by atoms with Gasteiger partial charge in [-0.05, 0) is 29.8 Å². The lowest BCUT2D eigenvalue weighted by molar-refractivity contribution is -0.131. The van der Waals surface area contributed by atoms with E-state index in [1.807, 2.05) is 6.07 Å². The number of likely N-dealkylation sites (tertiary alicyclic amines) is 1. The number of Topliss-reactive ketones (excluding diaryl/α,β-unsaturated/α-hetero) is 1. The number of ketones is 1. The van der Waals surface area contributed by atoms with Crippen LogP contribution in [0.4, 0.5) is 4.79 Å². The Morgan fingerprint density at radius 3 is 2.62 bits per heavy atom. The highest BCUT2D eigenvalue weighted by Crippen LogP contribution is 2.47. The van der Waals surface area contributed by atoms with E-state index in [2.05, 4.69) is 4.98 Å². The van der Waals surface area contributed by atoms with Gasteiger partial charge in [0.2, 0.25) is 12.6 Å². The maximum absolute atomic E-state index is 13.6. The molecule has 1 aromatic carbocycles. The molecule has 8 heteroatoms. The van der Waals surface area contributed by atoms with Crippen molar-refractivity contribution in [1.82, 2.24) is 9.88 Å². The van der Waals surface area contributed by atoms with Crippen molar-refractivity contribution in [3.8, 4) is 11.5 Å². The van der Waals surface area contributed by atoms with E-state index in [0.29, 0.717) is 46.9 Å². The van der Waals surface area contributed by atoms with Gasteiger partial charge >= 0.3 is 6.09 Å². The van der Waals surface area contributed by atoms with Crippen molar-refractivity contribution in [2.45, 2.75) is 18.4 Å². The van der Waals surface area contributed by atoms with Crippen LogP contribution in [-0.2, 0) is 9.53 Å². The van der Waals surface area contributed by atoms with E-state index in [0.717, 1.165) is 0 Å². The standard InChI is InChI=1S/C21H18N2O6/c24-19-17(13-4-5-15-16(11-13)28-12-27-15)18(14-3-1-2-8-22-14)29-21(19)6-9-23(10-7-21)20(25)26/h1-5,8,11H,6-7,9-10,12H2,(H,25,26). The van der Waals surface area contributed by atoms with Gasteiger partial charge in [0.1, 0.15) is 5.69 Å². The number of nitrogens with zero attached hydrogens (tertiary/aromatic N) is 2. The van der Waals surface area contributed by atoms with E-state index in [9.17, 15) is 14.7 Å². The zero-order valence-corrected chi connectivity index (χ0v) is 15.5. The highest BCUT2D eigenvalue weighted by atomic mass is 16.7. The number of ether oxygens (including phenoxy) is 3. The quantitative estimate of drug-likeness (QED) is 0.836. The van der Waals surface area contributed by atoms with Crippen LogP contribution in [-0.4, -0.2) is 52.4 Å². The number of piperidine rings is 1. The summed E-state index contributed by atoms with van der Waals surface area (Å²) in [5.74, 6) is 1.47. The van der Waals surface area contributed by atoms with Crippen LogP contribution in [0.3, 0.4) is 0 Å². The molecule has 1 aromatic heterocycles. The van der Waals surface area contributed by atoms with E-state index in [-0.39, 0.29) is 25.7 Å². The van der Waals surface area contributed by atoms with Gasteiger partial charge in [0.15, 0.2) is 22.9 Å². The second-order valence-corrected chi connectivity index (χ2v) is 7.18. The summed E-state index contributed by atoms with van der Waals surface area (Å²) < 4.78 is 17.1. The molecular formula is C21H18N2O6. The van der Waals surface area contributed by atoms with Gasteiger partial charge in [0.25, 0.3) is 0 Å². The molecule has 5 rings (SSSR count). The van der Waals surface area contributed by atoms with Crippen molar-refractivity contribution in [2.75, 3.05) is 19.9 Å². The Kier molecular flexibility index (Phi) is 3.94. The van der Waals surface area contributed by atoms with Gasteiger partial charge < -0.3 is 24.2 Å². The monoisotopic (exact) mass is 394 g/mol. The van der Waals surface area contributed by atoms with Gasteiger partial charge in [0, 0.05) is 32.1 Å². The van der Waals surface area contributed by atoms with E-state index < -0.39 is 11.7 Å². The number of hydrogen-bond donors (Lipinski definition) is 1. The molecule has 1 saturated heterocycles. The van der Waals surface area contributed by atoms with Crippen molar-refractivity contribution >= 4 is 23.2 Å².